The third-order valence-electron chi connectivity index (χ3n) is 6.81. The molecule has 2 aliphatic rings. The molecule has 3 aromatic rings. The van der Waals surface area contributed by atoms with Crippen molar-refractivity contribution in [3.8, 4) is 11.1 Å². The summed E-state index contributed by atoms with van der Waals surface area (Å²) in [5, 5.41) is 8.19. The van der Waals surface area contributed by atoms with Gasteiger partial charge in [0.05, 0.1) is 16.6 Å². The van der Waals surface area contributed by atoms with E-state index in [2.05, 4.69) is 15.4 Å². The van der Waals surface area contributed by atoms with Crippen LogP contribution in [0.4, 0.5) is 21.7 Å². The highest BCUT2D eigenvalue weighted by atomic mass is 35.5. The average Bonchev–Trinajstić information content (AvgIpc) is 3.49. The van der Waals surface area contributed by atoms with Crippen LogP contribution >= 0.6 is 11.6 Å². The van der Waals surface area contributed by atoms with Gasteiger partial charge in [-0.1, -0.05) is 11.6 Å². The average molecular weight is 470 g/mol. The summed E-state index contributed by atoms with van der Waals surface area (Å²) in [7, 11) is 3.11. The number of nitrogen functional groups attached to an aromatic ring is 2. The van der Waals surface area contributed by atoms with Gasteiger partial charge in [-0.25, -0.2) is 9.37 Å². The Kier molecular flexibility index (Phi) is 4.97. The Balaban J connectivity index is 1.58. The zero-order valence-corrected chi connectivity index (χ0v) is 19.2. The normalized spacial score (nSPS) is 21.3. The minimum Gasteiger partial charge on any atom is -0.398 e. The summed E-state index contributed by atoms with van der Waals surface area (Å²) in [6, 6.07) is 5.05. The second-order valence-corrected chi connectivity index (χ2v) is 9.43. The molecule has 1 amide bonds. The van der Waals surface area contributed by atoms with E-state index in [1.54, 1.807) is 32.4 Å². The Morgan fingerprint density at radius 3 is 2.79 bits per heavy atom. The SMILES string of the molecule is CN(C)C(=O)c1c(N)ccc(-c2cnc3c(c2Cl)[C@]2(CC[C@H](n4ccc(N)n4)C2)CN3)c1F. The lowest BCUT2D eigenvalue weighted by Crippen LogP contribution is -2.26. The summed E-state index contributed by atoms with van der Waals surface area (Å²) in [5.74, 6) is -0.00404. The van der Waals surface area contributed by atoms with E-state index in [-0.39, 0.29) is 28.3 Å². The number of fused-ring (bicyclic) bond motifs is 2. The summed E-state index contributed by atoms with van der Waals surface area (Å²) < 4.78 is 17.5. The van der Waals surface area contributed by atoms with Crippen molar-refractivity contribution in [1.82, 2.24) is 19.7 Å². The maximum absolute atomic E-state index is 15.6. The lowest BCUT2D eigenvalue weighted by Gasteiger charge is -2.25. The monoisotopic (exact) mass is 469 g/mol. The van der Waals surface area contributed by atoms with Crippen LogP contribution in [0.25, 0.3) is 11.1 Å². The van der Waals surface area contributed by atoms with Crippen LogP contribution in [0.5, 0.6) is 0 Å². The highest BCUT2D eigenvalue weighted by Crippen LogP contribution is 2.54. The number of anilines is 3. The van der Waals surface area contributed by atoms with Crippen LogP contribution in [0.2, 0.25) is 5.02 Å². The number of benzene rings is 1. The van der Waals surface area contributed by atoms with Gasteiger partial charge in [0, 0.05) is 60.8 Å². The van der Waals surface area contributed by atoms with E-state index in [9.17, 15) is 4.79 Å². The lowest BCUT2D eigenvalue weighted by molar-refractivity contribution is 0.0824. The molecule has 8 nitrogen and oxygen atoms in total. The fraction of sp³-hybridized carbons (Fsp3) is 0.348. The molecule has 5 rings (SSSR count). The van der Waals surface area contributed by atoms with Gasteiger partial charge in [-0.15, -0.1) is 0 Å². The predicted molar refractivity (Wildman–Crippen MR) is 127 cm³/mol. The second-order valence-electron chi connectivity index (χ2n) is 9.05. The van der Waals surface area contributed by atoms with Crippen LogP contribution in [0, 0.1) is 5.82 Å². The first-order valence-corrected chi connectivity index (χ1v) is 11.1. The fourth-order valence-corrected chi connectivity index (χ4v) is 5.58. The molecule has 2 atom stereocenters. The minimum absolute atomic E-state index is 0.0791. The third-order valence-corrected chi connectivity index (χ3v) is 7.20. The smallest absolute Gasteiger partial charge is 0.258 e. The van der Waals surface area contributed by atoms with Crippen molar-refractivity contribution in [2.75, 3.05) is 37.4 Å². The van der Waals surface area contributed by atoms with Gasteiger partial charge in [0.15, 0.2) is 0 Å². The number of amides is 1. The van der Waals surface area contributed by atoms with Crippen molar-refractivity contribution in [3.63, 3.8) is 0 Å². The van der Waals surface area contributed by atoms with Gasteiger partial charge < -0.3 is 21.7 Å². The summed E-state index contributed by atoms with van der Waals surface area (Å²) >= 11 is 6.95. The first kappa shape index (κ1) is 21.5. The van der Waals surface area contributed by atoms with E-state index in [0.717, 1.165) is 24.8 Å². The van der Waals surface area contributed by atoms with Crippen LogP contribution in [0.1, 0.15) is 41.2 Å². The number of hydrogen-bond donors (Lipinski definition) is 3. The number of nitrogens with one attached hydrogen (secondary N) is 1. The number of halogens is 2. The number of rotatable bonds is 3. The number of pyridine rings is 1. The summed E-state index contributed by atoms with van der Waals surface area (Å²) in [6.07, 6.45) is 6.06. The fourth-order valence-electron chi connectivity index (χ4n) is 5.14. The van der Waals surface area contributed by atoms with Crippen LogP contribution in [0.3, 0.4) is 0 Å². The van der Waals surface area contributed by atoms with Crippen molar-refractivity contribution in [3.05, 3.63) is 52.6 Å². The van der Waals surface area contributed by atoms with Crippen molar-refractivity contribution >= 4 is 34.8 Å². The van der Waals surface area contributed by atoms with E-state index in [1.165, 1.54) is 11.0 Å². The van der Waals surface area contributed by atoms with Crippen LogP contribution in [-0.4, -0.2) is 46.2 Å². The van der Waals surface area contributed by atoms with Gasteiger partial charge in [-0.3, -0.25) is 9.48 Å². The first-order valence-electron chi connectivity index (χ1n) is 10.8. The zero-order chi connectivity index (χ0) is 23.5. The largest absolute Gasteiger partial charge is 0.398 e. The Labute approximate surface area is 195 Å². The summed E-state index contributed by atoms with van der Waals surface area (Å²) in [6.45, 7) is 0.695. The number of hydrogen-bond acceptors (Lipinski definition) is 6. The molecule has 172 valence electrons. The maximum atomic E-state index is 15.6. The van der Waals surface area contributed by atoms with E-state index in [0.29, 0.717) is 28.8 Å². The van der Waals surface area contributed by atoms with E-state index in [1.807, 2.05) is 10.9 Å². The molecule has 0 unspecified atom stereocenters. The van der Waals surface area contributed by atoms with Gasteiger partial charge in [-0.05, 0) is 37.5 Å². The molecule has 0 saturated heterocycles. The Morgan fingerprint density at radius 1 is 1.30 bits per heavy atom. The second kappa shape index (κ2) is 7.62. The van der Waals surface area contributed by atoms with Gasteiger partial charge in [-0.2, -0.15) is 5.10 Å². The van der Waals surface area contributed by atoms with Crippen LogP contribution in [-0.2, 0) is 5.41 Å². The van der Waals surface area contributed by atoms with E-state index >= 15 is 4.39 Å². The number of carbonyl (C=O) groups is 1. The number of aromatic nitrogens is 3. The zero-order valence-electron chi connectivity index (χ0n) is 18.4. The lowest BCUT2D eigenvalue weighted by atomic mass is 9.80. The van der Waals surface area contributed by atoms with Crippen molar-refractivity contribution in [2.45, 2.75) is 30.7 Å². The molecule has 1 saturated carbocycles. The standard InChI is InChI=1S/C23H25ClFN7O/c1-31(2)22(33)17-15(26)4-3-13(20(17)25)14-10-28-21-18(19(14)24)23(11-29-21)7-5-12(9-23)32-8-6-16(27)30-32/h3-4,6,8,10,12H,5,7,9,11,26H2,1-2H3,(H2,27,30)(H,28,29)/t12-,23-/m0/s1. The molecule has 1 aromatic carbocycles. The molecule has 2 aromatic heterocycles. The third kappa shape index (κ3) is 3.30. The van der Waals surface area contributed by atoms with Gasteiger partial charge in [0.2, 0.25) is 0 Å². The first-order chi connectivity index (χ1) is 15.7. The van der Waals surface area contributed by atoms with Gasteiger partial charge >= 0.3 is 0 Å². The van der Waals surface area contributed by atoms with E-state index in [4.69, 9.17) is 23.1 Å². The number of nitrogens with zero attached hydrogens (tertiary/aromatic N) is 4. The van der Waals surface area contributed by atoms with Crippen molar-refractivity contribution in [2.24, 2.45) is 0 Å². The summed E-state index contributed by atoms with van der Waals surface area (Å²) in [5.41, 5.74) is 12.9. The molecule has 1 aliphatic carbocycles. The molecule has 10 heteroatoms. The Hall–Kier alpha value is -3.33. The topological polar surface area (TPSA) is 115 Å². The molecule has 3 heterocycles. The van der Waals surface area contributed by atoms with Gasteiger partial charge in [0.1, 0.15) is 17.5 Å². The maximum Gasteiger partial charge on any atom is 0.258 e. The van der Waals surface area contributed by atoms with Crippen LogP contribution in [0.15, 0.2) is 30.6 Å². The Bertz CT molecular complexity index is 1270. The quantitative estimate of drug-likeness (QED) is 0.504. The molecule has 0 radical (unpaired) electrons. The summed E-state index contributed by atoms with van der Waals surface area (Å²) in [4.78, 5) is 18.4. The number of nitrogens with two attached hydrogens (primary N) is 2. The molecule has 1 aliphatic heterocycles. The molecule has 1 fully saturated rings. The molecule has 33 heavy (non-hydrogen) atoms. The van der Waals surface area contributed by atoms with E-state index < -0.39 is 11.7 Å². The predicted octanol–water partition coefficient (Wildman–Crippen LogP) is 3.69. The van der Waals surface area contributed by atoms with Crippen LogP contribution < -0.4 is 16.8 Å². The molecular weight excluding hydrogens is 445 g/mol. The number of carbonyl (C=O) groups excluding carboxylic acids is 1. The highest BCUT2D eigenvalue weighted by Gasteiger charge is 2.48. The van der Waals surface area contributed by atoms with Crippen molar-refractivity contribution in [1.29, 1.82) is 0 Å². The molecular formula is C23H25ClFN7O. The van der Waals surface area contributed by atoms with Gasteiger partial charge in [0.25, 0.3) is 5.91 Å². The molecule has 1 spiro atoms. The van der Waals surface area contributed by atoms with Crippen molar-refractivity contribution < 1.29 is 9.18 Å². The molecule has 5 N–H and O–H groups in total. The minimum atomic E-state index is -0.700. The molecule has 0 bridgehead atoms. The Morgan fingerprint density at radius 2 is 2.09 bits per heavy atom. The highest BCUT2D eigenvalue weighted by molar-refractivity contribution is 6.34.